The van der Waals surface area contributed by atoms with E-state index in [-0.39, 0.29) is 44.8 Å². The molecule has 1 aliphatic heterocycles. The number of hydrazine groups is 1. The van der Waals surface area contributed by atoms with Crippen molar-refractivity contribution in [2.45, 2.75) is 12.5 Å². The molecule has 0 N–H and O–H groups in total. The van der Waals surface area contributed by atoms with Gasteiger partial charge in [-0.3, -0.25) is 9.80 Å². The van der Waals surface area contributed by atoms with Crippen LogP contribution in [0.25, 0.3) is 0 Å². The lowest BCUT2D eigenvalue weighted by Crippen LogP contribution is -2.51. The molecule has 1 aromatic carbocycles. The highest BCUT2D eigenvalue weighted by Gasteiger charge is 2.36. The minimum Gasteiger partial charge on any atom is -0.482 e. The Morgan fingerprint density at radius 2 is 1.83 bits per heavy atom. The summed E-state index contributed by atoms with van der Waals surface area (Å²) >= 11 is 17.8. The quantitative estimate of drug-likeness (QED) is 0.546. The van der Waals surface area contributed by atoms with E-state index in [0.29, 0.717) is 6.42 Å². The molecule has 1 aliphatic rings. The molecule has 1 saturated heterocycles. The van der Waals surface area contributed by atoms with Crippen LogP contribution in [0.1, 0.15) is 6.42 Å². The number of rotatable bonds is 5. The second-order valence-electron chi connectivity index (χ2n) is 5.63. The van der Waals surface area contributed by atoms with Crippen LogP contribution in [0.4, 0.5) is 0 Å². The molecule has 0 spiro atoms. The van der Waals surface area contributed by atoms with Crippen molar-refractivity contribution in [2.24, 2.45) is 0 Å². The van der Waals surface area contributed by atoms with E-state index in [1.807, 2.05) is 0 Å². The zero-order valence-corrected chi connectivity index (χ0v) is 16.2. The van der Waals surface area contributed by atoms with Gasteiger partial charge in [0.05, 0.1) is 32.6 Å². The maximum atomic E-state index is 12.5. The number of benzene rings is 1. The molecule has 0 saturated carbocycles. The molecule has 1 fully saturated rings. The molecular formula is C14H17Cl3N2O4S. The summed E-state index contributed by atoms with van der Waals surface area (Å²) in [6, 6.07) is 2.46. The minimum absolute atomic E-state index is 0.0511. The van der Waals surface area contributed by atoms with Crippen molar-refractivity contribution in [2.75, 3.05) is 32.2 Å². The Morgan fingerprint density at radius 3 is 2.38 bits per heavy atom. The first-order valence-electron chi connectivity index (χ1n) is 7.08. The number of hydrogen-bond donors (Lipinski definition) is 0. The predicted molar refractivity (Wildman–Crippen MR) is 94.6 cm³/mol. The lowest BCUT2D eigenvalue weighted by Gasteiger charge is -2.33. The number of carbonyl (C=O) groups excluding carboxylic acids is 1. The Bertz CT molecular complexity index is 740. The van der Waals surface area contributed by atoms with Gasteiger partial charge in [0.25, 0.3) is 5.91 Å². The third-order valence-electron chi connectivity index (χ3n) is 3.57. The van der Waals surface area contributed by atoms with Crippen LogP contribution in [0, 0.1) is 0 Å². The maximum absolute atomic E-state index is 12.5. The van der Waals surface area contributed by atoms with Gasteiger partial charge in [-0.1, -0.05) is 34.8 Å². The van der Waals surface area contributed by atoms with Crippen LogP contribution in [0.5, 0.6) is 5.75 Å². The smallest absolute Gasteiger partial charge is 0.275 e. The van der Waals surface area contributed by atoms with E-state index in [1.165, 1.54) is 17.1 Å². The summed E-state index contributed by atoms with van der Waals surface area (Å²) in [5, 5.41) is 3.74. The average molecular weight is 416 g/mol. The first-order valence-corrected chi connectivity index (χ1v) is 10.0. The zero-order valence-electron chi connectivity index (χ0n) is 13.1. The summed E-state index contributed by atoms with van der Waals surface area (Å²) in [5.41, 5.74) is 0. The largest absolute Gasteiger partial charge is 0.482 e. The van der Waals surface area contributed by atoms with Crippen molar-refractivity contribution in [3.8, 4) is 5.75 Å². The van der Waals surface area contributed by atoms with Gasteiger partial charge in [-0.2, -0.15) is 0 Å². The van der Waals surface area contributed by atoms with Crippen LogP contribution in [0.2, 0.25) is 15.1 Å². The van der Waals surface area contributed by atoms with E-state index in [2.05, 4.69) is 0 Å². The molecule has 0 aliphatic carbocycles. The lowest BCUT2D eigenvalue weighted by molar-refractivity contribution is -0.151. The molecule has 2 rings (SSSR count). The molecule has 6 nitrogen and oxygen atoms in total. The minimum atomic E-state index is -3.11. The molecule has 1 heterocycles. The summed E-state index contributed by atoms with van der Waals surface area (Å²) in [6.07, 6.45) is 0.403. The average Bonchev–Trinajstić information content (AvgIpc) is 2.81. The molecular weight excluding hydrogens is 399 g/mol. The van der Waals surface area contributed by atoms with Crippen LogP contribution >= 0.6 is 34.8 Å². The van der Waals surface area contributed by atoms with E-state index < -0.39 is 15.9 Å². The highest BCUT2D eigenvalue weighted by Crippen LogP contribution is 2.33. The van der Waals surface area contributed by atoms with Crippen molar-refractivity contribution in [1.82, 2.24) is 10.0 Å². The summed E-state index contributed by atoms with van der Waals surface area (Å²) in [6.45, 7) is -0.299. The number of ether oxygens (including phenoxy) is 1. The SMILES string of the molecule is CN(C)N(C(=O)COc1cc(Cl)c(Cl)cc1Cl)[C@H]1CCS(=O)(=O)C1. The second kappa shape index (κ2) is 7.66. The van der Waals surface area contributed by atoms with Crippen LogP contribution in [-0.4, -0.2) is 62.6 Å². The summed E-state index contributed by atoms with van der Waals surface area (Å²) in [7, 11) is 0.245. The zero-order chi connectivity index (χ0) is 18.1. The van der Waals surface area contributed by atoms with Crippen molar-refractivity contribution in [1.29, 1.82) is 0 Å². The van der Waals surface area contributed by atoms with Gasteiger partial charge in [0.2, 0.25) is 0 Å². The Labute approximate surface area is 156 Å². The van der Waals surface area contributed by atoms with Gasteiger partial charge < -0.3 is 4.74 Å². The first kappa shape index (κ1) is 19.6. The number of hydrogen-bond acceptors (Lipinski definition) is 5. The summed E-state index contributed by atoms with van der Waals surface area (Å²) in [4.78, 5) is 12.5. The van der Waals surface area contributed by atoms with Crippen LogP contribution < -0.4 is 4.74 Å². The molecule has 1 aromatic rings. The fourth-order valence-electron chi connectivity index (χ4n) is 2.54. The van der Waals surface area contributed by atoms with E-state index in [9.17, 15) is 13.2 Å². The van der Waals surface area contributed by atoms with Gasteiger partial charge in [0.1, 0.15) is 5.75 Å². The Morgan fingerprint density at radius 1 is 1.21 bits per heavy atom. The van der Waals surface area contributed by atoms with Gasteiger partial charge in [-0.25, -0.2) is 13.4 Å². The van der Waals surface area contributed by atoms with Crippen LogP contribution in [0.15, 0.2) is 12.1 Å². The Hall–Kier alpha value is -0.730. The summed E-state index contributed by atoms with van der Waals surface area (Å²) < 4.78 is 28.7. The monoisotopic (exact) mass is 414 g/mol. The van der Waals surface area contributed by atoms with Crippen molar-refractivity contribution < 1.29 is 17.9 Å². The second-order valence-corrected chi connectivity index (χ2v) is 9.08. The number of sulfone groups is 1. The molecule has 0 aromatic heterocycles. The molecule has 24 heavy (non-hydrogen) atoms. The Kier molecular flexibility index (Phi) is 6.25. The number of nitrogens with zero attached hydrogens (tertiary/aromatic N) is 2. The standard InChI is InChI=1S/C14H17Cl3N2O4S/c1-18(2)19(9-3-4-24(21,22)8-9)14(20)7-23-13-6-11(16)10(15)5-12(13)17/h5-6,9H,3-4,7-8H2,1-2H3/t9-/m0/s1. The third kappa shape index (κ3) is 4.67. The fraction of sp³-hybridized carbons (Fsp3) is 0.500. The van der Waals surface area contributed by atoms with Gasteiger partial charge in [-0.15, -0.1) is 0 Å². The molecule has 1 amide bonds. The summed E-state index contributed by atoms with van der Waals surface area (Å²) in [5.74, 6) is -0.111. The topological polar surface area (TPSA) is 66.9 Å². The van der Waals surface area contributed by atoms with Crippen molar-refractivity contribution in [3.05, 3.63) is 27.2 Å². The Balaban J connectivity index is 2.08. The van der Waals surface area contributed by atoms with Gasteiger partial charge in [-0.05, 0) is 12.5 Å². The van der Waals surface area contributed by atoms with Crippen molar-refractivity contribution in [3.63, 3.8) is 0 Å². The van der Waals surface area contributed by atoms with Crippen LogP contribution in [0.3, 0.4) is 0 Å². The molecule has 0 bridgehead atoms. The normalized spacial score (nSPS) is 19.5. The third-order valence-corrected chi connectivity index (χ3v) is 6.33. The highest BCUT2D eigenvalue weighted by atomic mass is 35.5. The number of amides is 1. The highest BCUT2D eigenvalue weighted by molar-refractivity contribution is 7.91. The van der Waals surface area contributed by atoms with E-state index in [4.69, 9.17) is 39.5 Å². The lowest BCUT2D eigenvalue weighted by atomic mass is 10.2. The number of carbonyl (C=O) groups is 1. The maximum Gasteiger partial charge on any atom is 0.275 e. The molecule has 1 atom stereocenters. The van der Waals surface area contributed by atoms with Crippen molar-refractivity contribution >= 4 is 50.5 Å². The van der Waals surface area contributed by atoms with Gasteiger partial charge in [0, 0.05) is 20.2 Å². The molecule has 134 valence electrons. The van der Waals surface area contributed by atoms with E-state index in [0.717, 1.165) is 0 Å². The molecule has 10 heteroatoms. The van der Waals surface area contributed by atoms with Crippen LogP contribution in [-0.2, 0) is 14.6 Å². The van der Waals surface area contributed by atoms with Gasteiger partial charge >= 0.3 is 0 Å². The van der Waals surface area contributed by atoms with Gasteiger partial charge in [0.15, 0.2) is 16.4 Å². The van der Waals surface area contributed by atoms with E-state index >= 15 is 0 Å². The molecule has 0 unspecified atom stereocenters. The number of halogens is 3. The fourth-order valence-corrected chi connectivity index (χ4v) is 4.83. The molecule has 0 radical (unpaired) electrons. The first-order chi connectivity index (χ1) is 11.1. The predicted octanol–water partition coefficient (Wildman–Crippen LogP) is 2.52. The van der Waals surface area contributed by atoms with E-state index in [1.54, 1.807) is 19.1 Å².